The fourth-order valence-corrected chi connectivity index (χ4v) is 5.85. The van der Waals surface area contributed by atoms with E-state index in [9.17, 15) is 9.59 Å². The summed E-state index contributed by atoms with van der Waals surface area (Å²) in [7, 11) is 1.96. The minimum absolute atomic E-state index is 0.204. The zero-order valence-electron chi connectivity index (χ0n) is 19.0. The van der Waals surface area contributed by atoms with Crippen molar-refractivity contribution in [3.8, 4) is 0 Å². The predicted molar refractivity (Wildman–Crippen MR) is 117 cm³/mol. The van der Waals surface area contributed by atoms with Crippen molar-refractivity contribution in [3.05, 3.63) is 17.0 Å². The topological polar surface area (TPSA) is 67.2 Å². The number of rotatable bonds is 7. The van der Waals surface area contributed by atoms with E-state index in [1.807, 2.05) is 18.7 Å². The zero-order valence-corrected chi connectivity index (χ0v) is 19.0. The first kappa shape index (κ1) is 21.4. The highest BCUT2D eigenvalue weighted by atomic mass is 16.2. The first-order chi connectivity index (χ1) is 14.4. The lowest BCUT2D eigenvalue weighted by atomic mass is 9.66. The molecule has 6 nitrogen and oxygen atoms in total. The van der Waals surface area contributed by atoms with E-state index in [1.165, 1.54) is 37.7 Å². The SMILES string of the molecule is Cc1nn(C)c(C)c1CCC(=O)N1CC(CCC(=O)NC2CC2)C2(CCCCC2)C1. The number of carbonyl (C=O) groups is 2. The summed E-state index contributed by atoms with van der Waals surface area (Å²) in [6.45, 7) is 5.84. The Kier molecular flexibility index (Phi) is 6.21. The number of aromatic nitrogens is 2. The average Bonchev–Trinajstić information content (AvgIpc) is 3.41. The standard InChI is InChI=1S/C24H38N4O2/c1-17-21(18(2)27(3)26-17)10-12-23(30)28-15-19(7-11-22(29)25-20-8-9-20)24(16-28)13-5-4-6-14-24/h19-20H,4-16H2,1-3H3,(H,25,29). The van der Waals surface area contributed by atoms with Gasteiger partial charge in [0.15, 0.2) is 0 Å². The van der Waals surface area contributed by atoms with Gasteiger partial charge in [-0.3, -0.25) is 14.3 Å². The fraction of sp³-hybridized carbons (Fsp3) is 0.792. The minimum Gasteiger partial charge on any atom is -0.353 e. The average molecular weight is 415 g/mol. The molecule has 1 atom stereocenters. The van der Waals surface area contributed by atoms with E-state index in [0.717, 1.165) is 50.2 Å². The number of aryl methyl sites for hydroxylation is 2. The van der Waals surface area contributed by atoms with Crippen LogP contribution in [-0.2, 0) is 23.1 Å². The van der Waals surface area contributed by atoms with Crippen molar-refractivity contribution in [2.75, 3.05) is 13.1 Å². The monoisotopic (exact) mass is 414 g/mol. The summed E-state index contributed by atoms with van der Waals surface area (Å²) in [4.78, 5) is 27.5. The molecule has 0 bridgehead atoms. The Balaban J connectivity index is 1.37. The number of nitrogens with zero attached hydrogens (tertiary/aromatic N) is 3. The molecule has 6 heteroatoms. The molecule has 2 amide bonds. The number of amides is 2. The van der Waals surface area contributed by atoms with E-state index in [2.05, 4.69) is 22.2 Å². The predicted octanol–water partition coefficient (Wildman–Crippen LogP) is 3.44. The van der Waals surface area contributed by atoms with E-state index in [1.54, 1.807) is 0 Å². The number of hydrogen-bond donors (Lipinski definition) is 1. The normalized spacial score (nSPS) is 23.2. The van der Waals surface area contributed by atoms with Crippen molar-refractivity contribution in [1.29, 1.82) is 0 Å². The quantitative estimate of drug-likeness (QED) is 0.743. The van der Waals surface area contributed by atoms with E-state index in [4.69, 9.17) is 0 Å². The Morgan fingerprint density at radius 2 is 1.87 bits per heavy atom. The molecular weight excluding hydrogens is 376 g/mol. The number of hydrogen-bond acceptors (Lipinski definition) is 3. The third-order valence-electron chi connectivity index (χ3n) is 7.92. The number of likely N-dealkylation sites (tertiary alicyclic amines) is 1. The van der Waals surface area contributed by atoms with Crippen molar-refractivity contribution in [2.24, 2.45) is 18.4 Å². The number of nitrogens with one attached hydrogen (secondary N) is 1. The van der Waals surface area contributed by atoms with Gasteiger partial charge < -0.3 is 10.2 Å². The van der Waals surface area contributed by atoms with Crippen LogP contribution >= 0.6 is 0 Å². The van der Waals surface area contributed by atoms with Gasteiger partial charge in [0.2, 0.25) is 11.8 Å². The van der Waals surface area contributed by atoms with Crippen LogP contribution in [0.3, 0.4) is 0 Å². The molecule has 0 radical (unpaired) electrons. The van der Waals surface area contributed by atoms with Crippen molar-refractivity contribution in [2.45, 2.75) is 90.5 Å². The summed E-state index contributed by atoms with van der Waals surface area (Å²) in [5.41, 5.74) is 3.65. The molecule has 1 spiro atoms. The lowest BCUT2D eigenvalue weighted by Crippen LogP contribution is -2.35. The van der Waals surface area contributed by atoms with Crippen molar-refractivity contribution in [1.82, 2.24) is 20.0 Å². The Labute approximate surface area is 180 Å². The Morgan fingerprint density at radius 1 is 1.13 bits per heavy atom. The van der Waals surface area contributed by atoms with Gasteiger partial charge in [0, 0.05) is 44.7 Å². The van der Waals surface area contributed by atoms with Gasteiger partial charge in [-0.2, -0.15) is 5.10 Å². The fourth-order valence-electron chi connectivity index (χ4n) is 5.85. The summed E-state index contributed by atoms with van der Waals surface area (Å²) >= 11 is 0. The molecule has 1 unspecified atom stereocenters. The Hall–Kier alpha value is -1.85. The number of carbonyl (C=O) groups excluding carboxylic acids is 2. The van der Waals surface area contributed by atoms with Crippen LogP contribution < -0.4 is 5.32 Å². The van der Waals surface area contributed by atoms with Gasteiger partial charge in [-0.25, -0.2) is 0 Å². The lowest BCUT2D eigenvalue weighted by molar-refractivity contribution is -0.130. The molecule has 4 rings (SSSR count). The van der Waals surface area contributed by atoms with Crippen LogP contribution in [-0.4, -0.2) is 45.6 Å². The summed E-state index contributed by atoms with van der Waals surface area (Å²) in [5, 5.41) is 7.61. The van der Waals surface area contributed by atoms with Crippen LogP contribution in [0.25, 0.3) is 0 Å². The van der Waals surface area contributed by atoms with E-state index in [0.29, 0.717) is 24.8 Å². The molecule has 2 heterocycles. The molecule has 3 aliphatic rings. The molecule has 1 N–H and O–H groups in total. The molecule has 166 valence electrons. The van der Waals surface area contributed by atoms with Gasteiger partial charge in [0.25, 0.3) is 0 Å². The summed E-state index contributed by atoms with van der Waals surface area (Å²) in [5.74, 6) is 0.942. The lowest BCUT2D eigenvalue weighted by Gasteiger charge is -2.38. The first-order valence-electron chi connectivity index (χ1n) is 11.9. The Bertz CT molecular complexity index is 789. The third-order valence-corrected chi connectivity index (χ3v) is 7.92. The highest BCUT2D eigenvalue weighted by molar-refractivity contribution is 5.77. The van der Waals surface area contributed by atoms with E-state index < -0.39 is 0 Å². The van der Waals surface area contributed by atoms with Gasteiger partial charge >= 0.3 is 0 Å². The van der Waals surface area contributed by atoms with Gasteiger partial charge in [0.05, 0.1) is 5.69 Å². The second-order valence-electron chi connectivity index (χ2n) is 10.0. The maximum absolute atomic E-state index is 13.1. The Morgan fingerprint density at radius 3 is 2.50 bits per heavy atom. The largest absolute Gasteiger partial charge is 0.353 e. The molecule has 30 heavy (non-hydrogen) atoms. The van der Waals surface area contributed by atoms with E-state index >= 15 is 0 Å². The molecular formula is C24H38N4O2. The summed E-state index contributed by atoms with van der Waals surface area (Å²) < 4.78 is 1.91. The molecule has 2 aliphatic carbocycles. The van der Waals surface area contributed by atoms with Crippen molar-refractivity contribution >= 4 is 11.8 Å². The van der Waals surface area contributed by atoms with Crippen molar-refractivity contribution < 1.29 is 9.59 Å². The van der Waals surface area contributed by atoms with Crippen LogP contribution in [0.5, 0.6) is 0 Å². The first-order valence-corrected chi connectivity index (χ1v) is 11.9. The van der Waals surface area contributed by atoms with Crippen LogP contribution in [0.4, 0.5) is 0 Å². The zero-order chi connectivity index (χ0) is 21.3. The highest BCUT2D eigenvalue weighted by Gasteiger charge is 2.47. The summed E-state index contributed by atoms with van der Waals surface area (Å²) in [6.07, 6.45) is 11.4. The van der Waals surface area contributed by atoms with Crippen LogP contribution in [0.1, 0.15) is 81.2 Å². The van der Waals surface area contributed by atoms with E-state index in [-0.39, 0.29) is 17.2 Å². The molecule has 1 saturated heterocycles. The highest BCUT2D eigenvalue weighted by Crippen LogP contribution is 2.49. The minimum atomic E-state index is 0.204. The molecule has 0 aromatic carbocycles. The smallest absolute Gasteiger partial charge is 0.222 e. The van der Waals surface area contributed by atoms with Crippen LogP contribution in [0, 0.1) is 25.2 Å². The third kappa shape index (κ3) is 4.57. The van der Waals surface area contributed by atoms with Crippen molar-refractivity contribution in [3.63, 3.8) is 0 Å². The second kappa shape index (κ2) is 8.72. The van der Waals surface area contributed by atoms with Crippen LogP contribution in [0.15, 0.2) is 0 Å². The maximum atomic E-state index is 13.1. The molecule has 2 saturated carbocycles. The molecule has 3 fully saturated rings. The molecule has 1 aromatic rings. The van der Waals surface area contributed by atoms with Gasteiger partial charge in [-0.05, 0) is 69.3 Å². The van der Waals surface area contributed by atoms with Gasteiger partial charge in [-0.1, -0.05) is 19.3 Å². The maximum Gasteiger partial charge on any atom is 0.222 e. The summed E-state index contributed by atoms with van der Waals surface area (Å²) in [6, 6.07) is 0.433. The molecule has 1 aromatic heterocycles. The van der Waals surface area contributed by atoms with Gasteiger partial charge in [-0.15, -0.1) is 0 Å². The van der Waals surface area contributed by atoms with Crippen LogP contribution in [0.2, 0.25) is 0 Å². The second-order valence-corrected chi connectivity index (χ2v) is 10.0. The molecule has 1 aliphatic heterocycles. The van der Waals surface area contributed by atoms with Gasteiger partial charge in [0.1, 0.15) is 0 Å².